The quantitative estimate of drug-likeness (QED) is 0.558. The molecule has 1 unspecified atom stereocenters. The van der Waals surface area contributed by atoms with E-state index in [-0.39, 0.29) is 12.0 Å². The maximum absolute atomic E-state index is 10.3. The largest absolute Gasteiger partial charge is 0.363 e. The van der Waals surface area contributed by atoms with E-state index >= 15 is 0 Å². The fraction of sp³-hybridized carbons (Fsp3) is 0.833. The fourth-order valence-electron chi connectivity index (χ4n) is 0.389. The summed E-state index contributed by atoms with van der Waals surface area (Å²) in [6, 6.07) is 0. The van der Waals surface area contributed by atoms with Gasteiger partial charge in [-0.25, -0.2) is 0 Å². The number of carbonyl (C=O) groups is 1. The number of nitrogens with two attached hydrogens (primary N) is 1. The van der Waals surface area contributed by atoms with Crippen molar-refractivity contribution in [2.45, 2.75) is 26.5 Å². The molecule has 54 valence electrons. The summed E-state index contributed by atoms with van der Waals surface area (Å²) < 4.78 is 4.91. The zero-order valence-electron chi connectivity index (χ0n) is 5.89. The maximum Gasteiger partial charge on any atom is 0.132 e. The van der Waals surface area contributed by atoms with E-state index in [1.807, 2.05) is 0 Å². The Labute approximate surface area is 55.2 Å². The topological polar surface area (TPSA) is 52.3 Å². The van der Waals surface area contributed by atoms with E-state index < -0.39 is 0 Å². The van der Waals surface area contributed by atoms with Crippen LogP contribution in [0.5, 0.6) is 0 Å². The van der Waals surface area contributed by atoms with Crippen molar-refractivity contribution < 1.29 is 9.53 Å². The summed E-state index contributed by atoms with van der Waals surface area (Å²) in [6.45, 7) is 3.71. The van der Waals surface area contributed by atoms with Gasteiger partial charge in [-0.3, -0.25) is 4.79 Å². The second-order valence-electron chi connectivity index (χ2n) is 2.03. The summed E-state index contributed by atoms with van der Waals surface area (Å²) in [6.07, 6.45) is 0.200. The highest BCUT2D eigenvalue weighted by atomic mass is 16.5. The Bertz CT molecular complexity index is 91.1. The third-order valence-electron chi connectivity index (χ3n) is 0.835. The van der Waals surface area contributed by atoms with Crippen LogP contribution in [0.4, 0.5) is 0 Å². The van der Waals surface area contributed by atoms with Gasteiger partial charge in [0.05, 0.1) is 6.61 Å². The summed E-state index contributed by atoms with van der Waals surface area (Å²) in [5, 5.41) is 0. The van der Waals surface area contributed by atoms with Crippen LogP contribution in [0.1, 0.15) is 20.3 Å². The maximum atomic E-state index is 10.3. The molecule has 1 atom stereocenters. The molecule has 0 aromatic rings. The number of rotatable bonds is 4. The minimum atomic E-state index is -0.260. The highest BCUT2D eigenvalue weighted by molar-refractivity contribution is 5.75. The van der Waals surface area contributed by atoms with Gasteiger partial charge in [0.1, 0.15) is 12.0 Å². The molecule has 2 N–H and O–H groups in total. The zero-order chi connectivity index (χ0) is 7.28. The Hall–Kier alpha value is -0.410. The van der Waals surface area contributed by atoms with Gasteiger partial charge in [-0.1, -0.05) is 0 Å². The monoisotopic (exact) mass is 131 g/mol. The van der Waals surface area contributed by atoms with Crippen LogP contribution in [0.3, 0.4) is 0 Å². The van der Waals surface area contributed by atoms with Crippen molar-refractivity contribution in [3.8, 4) is 0 Å². The van der Waals surface area contributed by atoms with Crippen LogP contribution in [0.2, 0.25) is 0 Å². The first kappa shape index (κ1) is 8.59. The normalized spacial score (nSPS) is 13.2. The van der Waals surface area contributed by atoms with Crippen molar-refractivity contribution in [3.63, 3.8) is 0 Å². The summed E-state index contributed by atoms with van der Waals surface area (Å²) >= 11 is 0. The van der Waals surface area contributed by atoms with Crippen LogP contribution in [0.15, 0.2) is 0 Å². The molecule has 3 heteroatoms. The SMILES string of the molecule is CC(=O)CCOC(C)N. The van der Waals surface area contributed by atoms with Crippen molar-refractivity contribution in [1.82, 2.24) is 0 Å². The van der Waals surface area contributed by atoms with Gasteiger partial charge in [0.2, 0.25) is 0 Å². The summed E-state index contributed by atoms with van der Waals surface area (Å²) in [5.41, 5.74) is 5.25. The lowest BCUT2D eigenvalue weighted by Gasteiger charge is -2.04. The molecule has 0 saturated carbocycles. The molecule has 0 aromatic heterocycles. The fourth-order valence-corrected chi connectivity index (χ4v) is 0.389. The van der Waals surface area contributed by atoms with Crippen molar-refractivity contribution in [3.05, 3.63) is 0 Å². The van der Waals surface area contributed by atoms with Gasteiger partial charge in [-0.05, 0) is 13.8 Å². The van der Waals surface area contributed by atoms with Gasteiger partial charge < -0.3 is 10.5 Å². The van der Waals surface area contributed by atoms with Crippen LogP contribution in [-0.2, 0) is 9.53 Å². The van der Waals surface area contributed by atoms with Gasteiger partial charge in [0.25, 0.3) is 0 Å². The molecule has 0 heterocycles. The second-order valence-corrected chi connectivity index (χ2v) is 2.03. The summed E-state index contributed by atoms with van der Waals surface area (Å²) in [5.74, 6) is 0.135. The van der Waals surface area contributed by atoms with E-state index in [9.17, 15) is 4.79 Å². The van der Waals surface area contributed by atoms with Crippen molar-refractivity contribution in [2.75, 3.05) is 6.61 Å². The number of Topliss-reactive ketones (excluding diaryl/α,β-unsaturated/α-hetero) is 1. The average Bonchev–Trinajstić information content (AvgIpc) is 1.63. The molecule has 9 heavy (non-hydrogen) atoms. The first-order valence-electron chi connectivity index (χ1n) is 2.99. The minimum Gasteiger partial charge on any atom is -0.363 e. The van der Waals surface area contributed by atoms with Crippen molar-refractivity contribution >= 4 is 5.78 Å². The number of ether oxygens (including phenoxy) is 1. The molecule has 0 fully saturated rings. The predicted molar refractivity (Wildman–Crippen MR) is 34.9 cm³/mol. The minimum absolute atomic E-state index is 0.135. The highest BCUT2D eigenvalue weighted by Gasteiger charge is 1.94. The summed E-state index contributed by atoms with van der Waals surface area (Å²) in [7, 11) is 0. The lowest BCUT2D eigenvalue weighted by Crippen LogP contribution is -2.20. The third kappa shape index (κ3) is 7.59. The molecule has 0 saturated heterocycles. The lowest BCUT2D eigenvalue weighted by molar-refractivity contribution is -0.118. The van der Waals surface area contributed by atoms with Crippen LogP contribution in [0.25, 0.3) is 0 Å². The Kier molecular flexibility index (Phi) is 4.26. The van der Waals surface area contributed by atoms with Gasteiger partial charge in [0, 0.05) is 6.42 Å². The molecule has 3 nitrogen and oxygen atoms in total. The Morgan fingerprint density at radius 2 is 2.33 bits per heavy atom. The number of ketones is 1. The molecule has 0 bridgehead atoms. The van der Waals surface area contributed by atoms with Gasteiger partial charge >= 0.3 is 0 Å². The first-order valence-corrected chi connectivity index (χ1v) is 2.99. The van der Waals surface area contributed by atoms with Gasteiger partial charge in [-0.2, -0.15) is 0 Å². The zero-order valence-corrected chi connectivity index (χ0v) is 5.89. The first-order chi connectivity index (χ1) is 4.13. The second kappa shape index (κ2) is 4.47. The predicted octanol–water partition coefficient (Wildman–Crippen LogP) is 0.287. The molecule has 0 aliphatic rings. The molecule has 0 rings (SSSR count). The number of hydrogen-bond acceptors (Lipinski definition) is 3. The summed E-state index contributed by atoms with van der Waals surface area (Å²) in [4.78, 5) is 10.3. The molecule has 0 aromatic carbocycles. The van der Waals surface area contributed by atoms with E-state index in [1.165, 1.54) is 6.92 Å². The van der Waals surface area contributed by atoms with E-state index in [0.29, 0.717) is 13.0 Å². The smallest absolute Gasteiger partial charge is 0.132 e. The van der Waals surface area contributed by atoms with E-state index in [4.69, 9.17) is 10.5 Å². The molecule has 0 aliphatic carbocycles. The standard InChI is InChI=1S/C6H13NO2/c1-5(8)3-4-9-6(2)7/h6H,3-4,7H2,1-2H3. The average molecular weight is 131 g/mol. The van der Waals surface area contributed by atoms with Crippen LogP contribution >= 0.6 is 0 Å². The number of carbonyl (C=O) groups excluding carboxylic acids is 1. The third-order valence-corrected chi connectivity index (χ3v) is 0.835. The van der Waals surface area contributed by atoms with Crippen LogP contribution < -0.4 is 5.73 Å². The molecule has 0 aliphatic heterocycles. The van der Waals surface area contributed by atoms with Crippen LogP contribution in [-0.4, -0.2) is 18.6 Å². The Morgan fingerprint density at radius 1 is 1.78 bits per heavy atom. The van der Waals surface area contributed by atoms with E-state index in [0.717, 1.165) is 0 Å². The van der Waals surface area contributed by atoms with Gasteiger partial charge in [0.15, 0.2) is 0 Å². The Balaban J connectivity index is 3.01. The molecular weight excluding hydrogens is 118 g/mol. The lowest BCUT2D eigenvalue weighted by atomic mass is 10.3. The highest BCUT2D eigenvalue weighted by Crippen LogP contribution is 1.85. The Morgan fingerprint density at radius 3 is 2.67 bits per heavy atom. The molecule has 0 radical (unpaired) electrons. The number of hydrogen-bond donors (Lipinski definition) is 1. The molecule has 0 spiro atoms. The van der Waals surface area contributed by atoms with E-state index in [2.05, 4.69) is 0 Å². The molecule has 0 amide bonds. The van der Waals surface area contributed by atoms with Crippen molar-refractivity contribution in [2.24, 2.45) is 5.73 Å². The van der Waals surface area contributed by atoms with Gasteiger partial charge in [-0.15, -0.1) is 0 Å². The van der Waals surface area contributed by atoms with E-state index in [1.54, 1.807) is 6.92 Å². The van der Waals surface area contributed by atoms with Crippen LogP contribution in [0, 0.1) is 0 Å². The van der Waals surface area contributed by atoms with Crippen molar-refractivity contribution in [1.29, 1.82) is 0 Å². The molecular formula is C6H13NO2.